The largest absolute Gasteiger partial charge is 0.481 e. The van der Waals surface area contributed by atoms with Gasteiger partial charge in [0.15, 0.2) is 0 Å². The van der Waals surface area contributed by atoms with Crippen molar-refractivity contribution in [2.75, 3.05) is 13.1 Å². The van der Waals surface area contributed by atoms with Gasteiger partial charge in [-0.3, -0.25) is 4.79 Å². The van der Waals surface area contributed by atoms with E-state index in [0.717, 1.165) is 38.8 Å². The Bertz CT molecular complexity index is 257. The van der Waals surface area contributed by atoms with Crippen LogP contribution in [-0.2, 0) is 4.79 Å². The lowest BCUT2D eigenvalue weighted by molar-refractivity contribution is -0.143. The zero-order valence-electron chi connectivity index (χ0n) is 9.25. The van der Waals surface area contributed by atoms with E-state index in [2.05, 4.69) is 17.2 Å². The van der Waals surface area contributed by atoms with Crippen LogP contribution < -0.4 is 5.32 Å². The van der Waals surface area contributed by atoms with E-state index in [9.17, 15) is 4.79 Å². The Morgan fingerprint density at radius 2 is 2.07 bits per heavy atom. The Balaban J connectivity index is 2.13. The summed E-state index contributed by atoms with van der Waals surface area (Å²) in [7, 11) is 0. The molecule has 1 fully saturated rings. The number of nitrogens with one attached hydrogen (secondary N) is 1. The van der Waals surface area contributed by atoms with Gasteiger partial charge in [-0.2, -0.15) is 0 Å². The molecule has 3 nitrogen and oxygen atoms in total. The maximum absolute atomic E-state index is 10.7. The lowest BCUT2D eigenvalue weighted by Crippen LogP contribution is -2.28. The summed E-state index contributed by atoms with van der Waals surface area (Å²) < 4.78 is 0. The van der Waals surface area contributed by atoms with Crippen molar-refractivity contribution in [1.29, 1.82) is 0 Å². The van der Waals surface area contributed by atoms with Gasteiger partial charge < -0.3 is 10.4 Å². The van der Waals surface area contributed by atoms with Crippen molar-refractivity contribution in [3.8, 4) is 11.8 Å². The Labute approximate surface area is 91.3 Å². The van der Waals surface area contributed by atoms with Crippen molar-refractivity contribution in [1.82, 2.24) is 5.32 Å². The van der Waals surface area contributed by atoms with Crippen molar-refractivity contribution in [2.24, 2.45) is 11.8 Å². The molecule has 0 aliphatic heterocycles. The summed E-state index contributed by atoms with van der Waals surface area (Å²) in [5.41, 5.74) is 0. The summed E-state index contributed by atoms with van der Waals surface area (Å²) in [6.07, 6.45) is 3.73. The molecule has 3 heteroatoms. The van der Waals surface area contributed by atoms with Crippen LogP contribution in [0.15, 0.2) is 0 Å². The van der Waals surface area contributed by atoms with Gasteiger partial charge in [0, 0.05) is 0 Å². The SMILES string of the molecule is CC#CCNCC1CCC(C(=O)O)CC1. The predicted molar refractivity (Wildman–Crippen MR) is 59.4 cm³/mol. The third-order valence-electron chi connectivity index (χ3n) is 3.02. The first-order chi connectivity index (χ1) is 7.24. The van der Waals surface area contributed by atoms with E-state index in [0.29, 0.717) is 5.92 Å². The van der Waals surface area contributed by atoms with Crippen LogP contribution >= 0.6 is 0 Å². The summed E-state index contributed by atoms with van der Waals surface area (Å²) in [6.45, 7) is 3.55. The van der Waals surface area contributed by atoms with Gasteiger partial charge in [-0.05, 0) is 45.1 Å². The van der Waals surface area contributed by atoms with E-state index in [4.69, 9.17) is 5.11 Å². The molecule has 0 bridgehead atoms. The van der Waals surface area contributed by atoms with Gasteiger partial charge in [-0.25, -0.2) is 0 Å². The molecule has 0 radical (unpaired) electrons. The fourth-order valence-electron chi connectivity index (χ4n) is 2.04. The molecule has 0 unspecified atom stereocenters. The van der Waals surface area contributed by atoms with Gasteiger partial charge in [0.1, 0.15) is 0 Å². The van der Waals surface area contributed by atoms with E-state index < -0.39 is 5.97 Å². The lowest BCUT2D eigenvalue weighted by atomic mass is 9.82. The molecule has 0 amide bonds. The van der Waals surface area contributed by atoms with Crippen molar-refractivity contribution < 1.29 is 9.90 Å². The molecule has 84 valence electrons. The fraction of sp³-hybridized carbons (Fsp3) is 0.750. The standard InChI is InChI=1S/C12H19NO2/c1-2-3-8-13-9-10-4-6-11(7-5-10)12(14)15/h10-11,13H,4-9H2,1H3,(H,14,15). The Morgan fingerprint density at radius 1 is 1.40 bits per heavy atom. The van der Waals surface area contributed by atoms with Gasteiger partial charge in [0.2, 0.25) is 0 Å². The second kappa shape index (κ2) is 6.47. The predicted octanol–water partition coefficient (Wildman–Crippen LogP) is 1.49. The molecule has 0 heterocycles. The lowest BCUT2D eigenvalue weighted by Gasteiger charge is -2.25. The minimum absolute atomic E-state index is 0.100. The molecular formula is C12H19NO2. The van der Waals surface area contributed by atoms with E-state index in [-0.39, 0.29) is 5.92 Å². The molecule has 0 saturated heterocycles. The average Bonchev–Trinajstić information content (AvgIpc) is 2.25. The first-order valence-corrected chi connectivity index (χ1v) is 5.57. The first kappa shape index (κ1) is 12.1. The van der Waals surface area contributed by atoms with Crippen LogP contribution in [0.25, 0.3) is 0 Å². The van der Waals surface area contributed by atoms with Crippen LogP contribution in [0.5, 0.6) is 0 Å². The van der Waals surface area contributed by atoms with Crippen LogP contribution in [0.4, 0.5) is 0 Å². The molecule has 1 rings (SSSR count). The van der Waals surface area contributed by atoms with Gasteiger partial charge >= 0.3 is 5.97 Å². The highest BCUT2D eigenvalue weighted by atomic mass is 16.4. The molecule has 0 aromatic heterocycles. The molecule has 0 aromatic rings. The second-order valence-electron chi connectivity index (χ2n) is 4.11. The van der Waals surface area contributed by atoms with E-state index in [1.807, 2.05) is 6.92 Å². The average molecular weight is 209 g/mol. The molecule has 0 spiro atoms. The van der Waals surface area contributed by atoms with Gasteiger partial charge in [-0.1, -0.05) is 5.92 Å². The number of rotatable bonds is 4. The van der Waals surface area contributed by atoms with Gasteiger partial charge in [-0.15, -0.1) is 5.92 Å². The minimum atomic E-state index is -0.627. The monoisotopic (exact) mass is 209 g/mol. The highest BCUT2D eigenvalue weighted by molar-refractivity contribution is 5.69. The topological polar surface area (TPSA) is 49.3 Å². The third-order valence-corrected chi connectivity index (χ3v) is 3.02. The molecule has 1 aliphatic carbocycles. The zero-order chi connectivity index (χ0) is 11.1. The summed E-state index contributed by atoms with van der Waals surface area (Å²) >= 11 is 0. The van der Waals surface area contributed by atoms with E-state index in [1.165, 1.54) is 0 Å². The van der Waals surface area contributed by atoms with Crippen LogP contribution in [0.2, 0.25) is 0 Å². The quantitative estimate of drug-likeness (QED) is 0.545. The fourth-order valence-corrected chi connectivity index (χ4v) is 2.04. The first-order valence-electron chi connectivity index (χ1n) is 5.57. The van der Waals surface area contributed by atoms with Gasteiger partial charge in [0.25, 0.3) is 0 Å². The molecule has 2 N–H and O–H groups in total. The second-order valence-corrected chi connectivity index (χ2v) is 4.11. The van der Waals surface area contributed by atoms with Gasteiger partial charge in [0.05, 0.1) is 12.5 Å². The van der Waals surface area contributed by atoms with Crippen molar-refractivity contribution in [3.63, 3.8) is 0 Å². The normalized spacial score (nSPS) is 25.4. The smallest absolute Gasteiger partial charge is 0.306 e. The molecule has 1 aliphatic rings. The minimum Gasteiger partial charge on any atom is -0.481 e. The van der Waals surface area contributed by atoms with Crippen molar-refractivity contribution in [3.05, 3.63) is 0 Å². The molecule has 15 heavy (non-hydrogen) atoms. The third kappa shape index (κ3) is 4.35. The summed E-state index contributed by atoms with van der Waals surface area (Å²) in [4.78, 5) is 10.7. The highest BCUT2D eigenvalue weighted by Gasteiger charge is 2.25. The summed E-state index contributed by atoms with van der Waals surface area (Å²) in [5.74, 6) is 5.71. The Kier molecular flexibility index (Phi) is 5.20. The van der Waals surface area contributed by atoms with Crippen LogP contribution in [-0.4, -0.2) is 24.2 Å². The zero-order valence-corrected chi connectivity index (χ0v) is 9.25. The number of carbonyl (C=O) groups is 1. The highest BCUT2D eigenvalue weighted by Crippen LogP contribution is 2.28. The van der Waals surface area contributed by atoms with Crippen LogP contribution in [0, 0.1) is 23.7 Å². The number of carboxylic acid groups (broad SMARTS) is 1. The van der Waals surface area contributed by atoms with Crippen LogP contribution in [0.1, 0.15) is 32.6 Å². The molecule has 1 saturated carbocycles. The number of carboxylic acids is 1. The number of aliphatic carboxylic acids is 1. The van der Waals surface area contributed by atoms with Crippen molar-refractivity contribution in [2.45, 2.75) is 32.6 Å². The van der Waals surface area contributed by atoms with Crippen LogP contribution in [0.3, 0.4) is 0 Å². The summed E-state index contributed by atoms with van der Waals surface area (Å²) in [5, 5.41) is 12.1. The Hall–Kier alpha value is -1.01. The summed E-state index contributed by atoms with van der Waals surface area (Å²) in [6, 6.07) is 0. The number of hydrogen-bond acceptors (Lipinski definition) is 2. The molecular weight excluding hydrogens is 190 g/mol. The molecule has 0 atom stereocenters. The number of hydrogen-bond donors (Lipinski definition) is 2. The van der Waals surface area contributed by atoms with Crippen molar-refractivity contribution >= 4 is 5.97 Å². The maximum atomic E-state index is 10.7. The van der Waals surface area contributed by atoms with E-state index >= 15 is 0 Å². The Morgan fingerprint density at radius 3 is 2.60 bits per heavy atom. The van der Waals surface area contributed by atoms with E-state index in [1.54, 1.807) is 0 Å². The molecule has 0 aromatic carbocycles. The maximum Gasteiger partial charge on any atom is 0.306 e.